The molecule has 3 rings (SSSR count). The second kappa shape index (κ2) is 3.08. The molecule has 3 heteroatoms. The van der Waals surface area contributed by atoms with Crippen molar-refractivity contribution in [1.29, 1.82) is 0 Å². The van der Waals surface area contributed by atoms with E-state index in [0.29, 0.717) is 5.92 Å². The first-order valence-corrected chi connectivity index (χ1v) is 6.08. The molecule has 1 fully saturated rings. The highest BCUT2D eigenvalue weighted by atomic mass is 15.1. The zero-order valence-electron chi connectivity index (χ0n) is 9.37. The molecule has 0 bridgehead atoms. The molecule has 0 aromatic carbocycles. The highest BCUT2D eigenvalue weighted by Gasteiger charge is 2.48. The average Bonchev–Trinajstić information content (AvgIpc) is 2.87. The zero-order valence-corrected chi connectivity index (χ0v) is 9.37. The monoisotopic (exact) mass is 205 g/mol. The molecule has 2 N–H and O–H groups in total. The molecule has 0 spiro atoms. The Morgan fingerprint density at radius 1 is 1.60 bits per heavy atom. The van der Waals surface area contributed by atoms with E-state index in [1.54, 1.807) is 0 Å². The molecule has 2 heterocycles. The number of hydrogen-bond acceptors (Lipinski definition) is 2. The van der Waals surface area contributed by atoms with E-state index < -0.39 is 0 Å². The van der Waals surface area contributed by atoms with Crippen LogP contribution in [-0.4, -0.2) is 15.1 Å². The van der Waals surface area contributed by atoms with Crippen molar-refractivity contribution in [2.75, 3.05) is 0 Å². The molecule has 1 aromatic rings. The van der Waals surface area contributed by atoms with Gasteiger partial charge in [-0.1, -0.05) is 6.92 Å². The van der Waals surface area contributed by atoms with E-state index in [2.05, 4.69) is 22.7 Å². The molecule has 15 heavy (non-hydrogen) atoms. The molecular formula is C12H19N3. The summed E-state index contributed by atoms with van der Waals surface area (Å²) in [5, 5.41) is 0. The van der Waals surface area contributed by atoms with E-state index in [1.807, 2.05) is 0 Å². The molecule has 1 unspecified atom stereocenters. The third-order valence-electron chi connectivity index (χ3n) is 4.04. The SMILES string of the molecule is CCc1ncc2n1CCCC2C1(N)CC1. The van der Waals surface area contributed by atoms with Crippen LogP contribution < -0.4 is 5.73 Å². The summed E-state index contributed by atoms with van der Waals surface area (Å²) in [6, 6.07) is 0. The van der Waals surface area contributed by atoms with Crippen molar-refractivity contribution in [1.82, 2.24) is 9.55 Å². The lowest BCUT2D eigenvalue weighted by molar-refractivity contribution is 0.384. The van der Waals surface area contributed by atoms with Gasteiger partial charge in [0.2, 0.25) is 0 Å². The van der Waals surface area contributed by atoms with Crippen LogP contribution in [0, 0.1) is 0 Å². The molecular weight excluding hydrogens is 186 g/mol. The van der Waals surface area contributed by atoms with E-state index in [9.17, 15) is 0 Å². The second-order valence-electron chi connectivity index (χ2n) is 5.03. The number of nitrogens with two attached hydrogens (primary N) is 1. The number of nitrogens with zero attached hydrogens (tertiary/aromatic N) is 2. The Hall–Kier alpha value is -0.830. The van der Waals surface area contributed by atoms with Gasteiger partial charge in [0.25, 0.3) is 0 Å². The number of aryl methyl sites for hydroxylation is 1. The maximum atomic E-state index is 6.35. The first kappa shape index (κ1) is 9.40. The van der Waals surface area contributed by atoms with Gasteiger partial charge in [-0.2, -0.15) is 0 Å². The minimum Gasteiger partial charge on any atom is -0.332 e. The van der Waals surface area contributed by atoms with Gasteiger partial charge in [0.1, 0.15) is 5.82 Å². The Labute approximate surface area is 90.7 Å². The molecule has 1 aliphatic heterocycles. The third kappa shape index (κ3) is 1.33. The summed E-state index contributed by atoms with van der Waals surface area (Å²) in [6.45, 7) is 3.32. The van der Waals surface area contributed by atoms with Crippen LogP contribution in [0.5, 0.6) is 0 Å². The fourth-order valence-corrected chi connectivity index (χ4v) is 2.92. The summed E-state index contributed by atoms with van der Waals surface area (Å²) < 4.78 is 2.40. The van der Waals surface area contributed by atoms with Gasteiger partial charge in [-0.3, -0.25) is 0 Å². The van der Waals surface area contributed by atoms with E-state index in [0.717, 1.165) is 13.0 Å². The summed E-state index contributed by atoms with van der Waals surface area (Å²) in [7, 11) is 0. The van der Waals surface area contributed by atoms with Crippen LogP contribution in [0.3, 0.4) is 0 Å². The number of fused-ring (bicyclic) bond motifs is 1. The van der Waals surface area contributed by atoms with E-state index in [-0.39, 0.29) is 5.54 Å². The van der Waals surface area contributed by atoms with Crippen LogP contribution in [0.4, 0.5) is 0 Å². The lowest BCUT2D eigenvalue weighted by atomic mass is 9.87. The lowest BCUT2D eigenvalue weighted by Gasteiger charge is -2.29. The van der Waals surface area contributed by atoms with Crippen LogP contribution in [0.1, 0.15) is 50.0 Å². The fourth-order valence-electron chi connectivity index (χ4n) is 2.92. The number of imidazole rings is 1. The van der Waals surface area contributed by atoms with Crippen LogP contribution in [-0.2, 0) is 13.0 Å². The maximum Gasteiger partial charge on any atom is 0.108 e. The molecule has 0 saturated heterocycles. The number of aromatic nitrogens is 2. The van der Waals surface area contributed by atoms with E-state index >= 15 is 0 Å². The Bertz CT molecular complexity index is 376. The highest BCUT2D eigenvalue weighted by Crippen LogP contribution is 2.48. The van der Waals surface area contributed by atoms with Crippen molar-refractivity contribution < 1.29 is 0 Å². The standard InChI is InChI=1S/C12H19N3/c1-2-11-14-8-10-9(12(13)5-6-12)4-3-7-15(10)11/h8-9H,2-7,13H2,1H3. The molecule has 1 aliphatic carbocycles. The predicted octanol–water partition coefficient (Wildman–Crippen LogP) is 1.81. The van der Waals surface area contributed by atoms with Gasteiger partial charge in [-0.25, -0.2) is 4.98 Å². The Kier molecular flexibility index (Phi) is 1.93. The van der Waals surface area contributed by atoms with Gasteiger partial charge < -0.3 is 10.3 Å². The minimum atomic E-state index is 0.114. The summed E-state index contributed by atoms with van der Waals surface area (Å²) in [4.78, 5) is 4.52. The molecule has 0 radical (unpaired) electrons. The highest BCUT2D eigenvalue weighted by molar-refractivity contribution is 5.23. The average molecular weight is 205 g/mol. The van der Waals surface area contributed by atoms with Crippen molar-refractivity contribution in [3.8, 4) is 0 Å². The Balaban J connectivity index is 2.00. The minimum absolute atomic E-state index is 0.114. The fraction of sp³-hybridized carbons (Fsp3) is 0.750. The zero-order chi connectivity index (χ0) is 10.5. The van der Waals surface area contributed by atoms with Gasteiger partial charge in [-0.15, -0.1) is 0 Å². The van der Waals surface area contributed by atoms with Crippen molar-refractivity contribution in [2.24, 2.45) is 5.73 Å². The van der Waals surface area contributed by atoms with Gasteiger partial charge >= 0.3 is 0 Å². The first-order valence-electron chi connectivity index (χ1n) is 6.08. The number of hydrogen-bond donors (Lipinski definition) is 1. The van der Waals surface area contributed by atoms with Gasteiger partial charge in [-0.05, 0) is 25.7 Å². The Morgan fingerprint density at radius 2 is 2.40 bits per heavy atom. The van der Waals surface area contributed by atoms with Crippen LogP contribution in [0.25, 0.3) is 0 Å². The lowest BCUT2D eigenvalue weighted by Crippen LogP contribution is -2.34. The van der Waals surface area contributed by atoms with Crippen molar-refractivity contribution in [2.45, 2.75) is 57.0 Å². The largest absolute Gasteiger partial charge is 0.332 e. The van der Waals surface area contributed by atoms with Crippen molar-refractivity contribution >= 4 is 0 Å². The van der Waals surface area contributed by atoms with Gasteiger partial charge in [0.05, 0.1) is 0 Å². The number of rotatable bonds is 2. The van der Waals surface area contributed by atoms with Crippen molar-refractivity contribution in [3.63, 3.8) is 0 Å². The quantitative estimate of drug-likeness (QED) is 0.800. The summed E-state index contributed by atoms with van der Waals surface area (Å²) in [6.07, 6.45) is 8.01. The van der Waals surface area contributed by atoms with Crippen LogP contribution in [0.2, 0.25) is 0 Å². The van der Waals surface area contributed by atoms with Crippen LogP contribution in [0.15, 0.2) is 6.20 Å². The summed E-state index contributed by atoms with van der Waals surface area (Å²) >= 11 is 0. The second-order valence-corrected chi connectivity index (χ2v) is 5.03. The third-order valence-corrected chi connectivity index (χ3v) is 4.04. The molecule has 1 aromatic heterocycles. The van der Waals surface area contributed by atoms with Gasteiger partial charge in [0.15, 0.2) is 0 Å². The predicted molar refractivity (Wildman–Crippen MR) is 59.7 cm³/mol. The summed E-state index contributed by atoms with van der Waals surface area (Å²) in [5.74, 6) is 1.80. The van der Waals surface area contributed by atoms with Gasteiger partial charge in [0, 0.05) is 36.3 Å². The molecule has 3 nitrogen and oxygen atoms in total. The van der Waals surface area contributed by atoms with Crippen molar-refractivity contribution in [3.05, 3.63) is 17.7 Å². The smallest absolute Gasteiger partial charge is 0.108 e. The maximum absolute atomic E-state index is 6.35. The van der Waals surface area contributed by atoms with E-state index in [1.165, 1.54) is 37.2 Å². The first-order chi connectivity index (χ1) is 7.24. The Morgan fingerprint density at radius 3 is 3.07 bits per heavy atom. The molecule has 0 amide bonds. The topological polar surface area (TPSA) is 43.8 Å². The molecule has 2 aliphatic rings. The molecule has 1 saturated carbocycles. The molecule has 1 atom stereocenters. The van der Waals surface area contributed by atoms with E-state index in [4.69, 9.17) is 5.73 Å². The normalized spacial score (nSPS) is 27.5. The molecule has 82 valence electrons. The summed E-state index contributed by atoms with van der Waals surface area (Å²) in [5.41, 5.74) is 7.86. The van der Waals surface area contributed by atoms with Crippen LogP contribution >= 0.6 is 0 Å².